The Kier molecular flexibility index (Phi) is 11.0. The van der Waals surface area contributed by atoms with Gasteiger partial charge in [-0.25, -0.2) is 8.78 Å². The molecule has 0 spiro atoms. The zero-order valence-corrected chi connectivity index (χ0v) is 27.8. The molecular formula is C33H34F2O9S2. The van der Waals surface area contributed by atoms with E-state index in [9.17, 15) is 19.2 Å². The van der Waals surface area contributed by atoms with Gasteiger partial charge in [-0.15, -0.1) is 22.7 Å². The fraction of sp³-hybridized carbons (Fsp3) is 0.394. The summed E-state index contributed by atoms with van der Waals surface area (Å²) in [5.74, 6) is -4.68. The number of hydrogen-bond donors (Lipinski definition) is 1. The summed E-state index contributed by atoms with van der Waals surface area (Å²) in [6.45, 7) is 6.17. The van der Waals surface area contributed by atoms with Crippen LogP contribution in [0.4, 0.5) is 8.78 Å². The number of fused-ring (bicyclic) bond motifs is 2. The number of Topliss-reactive ketones (excluding diaryl/α,β-unsaturated/α-hetero) is 3. The number of hydrogen-bond acceptors (Lipinski definition) is 10. The second-order valence-corrected chi connectivity index (χ2v) is 13.2. The molecule has 0 aliphatic rings. The highest BCUT2D eigenvalue weighted by atomic mass is 32.1. The van der Waals surface area contributed by atoms with E-state index in [1.807, 2.05) is 0 Å². The Morgan fingerprint density at radius 1 is 0.783 bits per heavy atom. The Hall–Kier alpha value is -4.10. The molecule has 0 aliphatic heterocycles. The molecule has 4 aromatic rings. The number of thiophene rings is 2. The summed E-state index contributed by atoms with van der Waals surface area (Å²) in [6.07, 6.45) is -0.606. The first kappa shape index (κ1) is 34.8. The first-order chi connectivity index (χ1) is 21.7. The van der Waals surface area contributed by atoms with Crippen LogP contribution >= 0.6 is 22.7 Å². The molecule has 0 aliphatic carbocycles. The highest BCUT2D eigenvalue weighted by Crippen LogP contribution is 2.42. The molecule has 46 heavy (non-hydrogen) atoms. The minimum atomic E-state index is -1.10. The van der Waals surface area contributed by atoms with Gasteiger partial charge in [0.25, 0.3) is 0 Å². The molecule has 1 unspecified atom stereocenters. The van der Waals surface area contributed by atoms with E-state index in [0.29, 0.717) is 14.3 Å². The Morgan fingerprint density at radius 3 is 1.74 bits per heavy atom. The van der Waals surface area contributed by atoms with Gasteiger partial charge in [-0.2, -0.15) is 0 Å². The molecule has 0 radical (unpaired) electrons. The zero-order valence-electron chi connectivity index (χ0n) is 26.2. The zero-order chi connectivity index (χ0) is 33.9. The van der Waals surface area contributed by atoms with E-state index in [-0.39, 0.29) is 76.1 Å². The normalized spacial score (nSPS) is 13.3. The minimum absolute atomic E-state index is 0.0260. The molecule has 4 rings (SSSR count). The predicted octanol–water partition coefficient (Wildman–Crippen LogP) is 7.74. The number of carbonyl (C=O) groups is 4. The van der Waals surface area contributed by atoms with E-state index in [4.69, 9.17) is 24.1 Å². The van der Waals surface area contributed by atoms with Gasteiger partial charge in [0.2, 0.25) is 0 Å². The molecule has 0 fully saturated rings. The summed E-state index contributed by atoms with van der Waals surface area (Å²) in [4.78, 5) is 48.6. The highest BCUT2D eigenvalue weighted by Gasteiger charge is 2.25. The Bertz CT molecular complexity index is 1810. The number of carbonyl (C=O) groups excluding carboxylic acids is 3. The van der Waals surface area contributed by atoms with Crippen molar-refractivity contribution in [1.82, 2.24) is 0 Å². The van der Waals surface area contributed by atoms with Crippen LogP contribution in [0.5, 0.6) is 23.0 Å². The summed E-state index contributed by atoms with van der Waals surface area (Å²) in [5.41, 5.74) is 0. The smallest absolute Gasteiger partial charge is 0.306 e. The van der Waals surface area contributed by atoms with Crippen molar-refractivity contribution in [3.8, 4) is 23.0 Å². The lowest BCUT2D eigenvalue weighted by atomic mass is 10.00. The number of halogens is 2. The van der Waals surface area contributed by atoms with Crippen LogP contribution in [-0.2, 0) is 9.59 Å². The predicted molar refractivity (Wildman–Crippen MR) is 171 cm³/mol. The largest absolute Gasteiger partial charge is 0.493 e. The number of rotatable bonds is 16. The van der Waals surface area contributed by atoms with E-state index < -0.39 is 41.3 Å². The molecule has 0 amide bonds. The second kappa shape index (κ2) is 14.5. The van der Waals surface area contributed by atoms with E-state index in [0.717, 1.165) is 22.7 Å². The van der Waals surface area contributed by atoms with Crippen LogP contribution in [0.25, 0.3) is 20.2 Å². The molecule has 1 N–H and O–H groups in total. The topological polar surface area (TPSA) is 125 Å². The third-order valence-electron chi connectivity index (χ3n) is 7.54. The maximum Gasteiger partial charge on any atom is 0.306 e. The van der Waals surface area contributed by atoms with Crippen molar-refractivity contribution >= 4 is 66.2 Å². The summed E-state index contributed by atoms with van der Waals surface area (Å²) in [5, 5.41) is 9.45. The minimum Gasteiger partial charge on any atom is -0.493 e. The van der Waals surface area contributed by atoms with Crippen LogP contribution in [0, 0.1) is 23.5 Å². The van der Waals surface area contributed by atoms with Crippen LogP contribution in [-0.4, -0.2) is 55.4 Å². The lowest BCUT2D eigenvalue weighted by Gasteiger charge is -2.19. The SMILES string of the molecule is COc1cc2sc(C(=O)C[C@H](C)C(C)=O)cc2c(F)c1OCCC(C)Oc1c(OC)cc2sc(C(=O)C[C@H](C)C(=O)O)cc2c1F. The number of ketones is 3. The molecule has 9 nitrogen and oxygen atoms in total. The van der Waals surface area contributed by atoms with Gasteiger partial charge in [-0.05, 0) is 26.0 Å². The molecule has 3 atom stereocenters. The van der Waals surface area contributed by atoms with Gasteiger partial charge in [0.05, 0.1) is 42.6 Å². The standard InChI is InChI=1S/C33H34F2O9S2/c1-15(18(4)36)9-21(37)27-11-19-25(45-27)13-23(41-5)31(29(19)34)43-8-7-17(3)44-32-24(42-6)14-26-20(30(32)35)12-28(46-26)22(38)10-16(2)33(39)40/h11-17H,7-10H2,1-6H3,(H,39,40)/t15-,16-,17?/m0/s1. The molecule has 0 saturated heterocycles. The Morgan fingerprint density at radius 2 is 1.26 bits per heavy atom. The summed E-state index contributed by atoms with van der Waals surface area (Å²) in [6, 6.07) is 5.96. The molecule has 0 saturated carbocycles. The van der Waals surface area contributed by atoms with Gasteiger partial charge in [0.15, 0.2) is 46.2 Å². The maximum absolute atomic E-state index is 15.7. The molecule has 13 heteroatoms. The number of carboxylic acid groups (broad SMARTS) is 1. The van der Waals surface area contributed by atoms with E-state index in [1.54, 1.807) is 26.0 Å². The third-order valence-corrected chi connectivity index (χ3v) is 9.79. The highest BCUT2D eigenvalue weighted by molar-refractivity contribution is 7.21. The Labute approximate surface area is 272 Å². The van der Waals surface area contributed by atoms with Crippen molar-refractivity contribution in [1.29, 1.82) is 0 Å². The van der Waals surface area contributed by atoms with Gasteiger partial charge >= 0.3 is 5.97 Å². The molecule has 2 aromatic carbocycles. The molecule has 2 heterocycles. The van der Waals surface area contributed by atoms with Crippen LogP contribution in [0.15, 0.2) is 24.3 Å². The van der Waals surface area contributed by atoms with Gasteiger partial charge < -0.3 is 24.1 Å². The van der Waals surface area contributed by atoms with E-state index >= 15 is 8.78 Å². The molecule has 2 aromatic heterocycles. The fourth-order valence-electron chi connectivity index (χ4n) is 4.60. The average Bonchev–Trinajstić information content (AvgIpc) is 3.64. The van der Waals surface area contributed by atoms with Gasteiger partial charge in [0.1, 0.15) is 5.78 Å². The van der Waals surface area contributed by atoms with Crippen molar-refractivity contribution in [3.63, 3.8) is 0 Å². The maximum atomic E-state index is 15.7. The fourth-order valence-corrected chi connectivity index (χ4v) is 6.67. The van der Waals surface area contributed by atoms with Crippen molar-refractivity contribution in [3.05, 3.63) is 45.7 Å². The average molecular weight is 677 g/mol. The monoisotopic (exact) mass is 676 g/mol. The van der Waals surface area contributed by atoms with Crippen LogP contribution in [0.1, 0.15) is 66.3 Å². The first-order valence-corrected chi connectivity index (χ1v) is 16.1. The van der Waals surface area contributed by atoms with Crippen LogP contribution in [0.2, 0.25) is 0 Å². The number of ether oxygens (including phenoxy) is 4. The summed E-state index contributed by atoms with van der Waals surface area (Å²) < 4.78 is 54.6. The Balaban J connectivity index is 1.48. The van der Waals surface area contributed by atoms with Gasteiger partial charge in [0, 0.05) is 57.5 Å². The third kappa shape index (κ3) is 7.47. The van der Waals surface area contributed by atoms with Crippen molar-refractivity contribution in [2.45, 2.75) is 53.1 Å². The quantitative estimate of drug-likeness (QED) is 0.119. The number of carboxylic acids is 1. The van der Waals surface area contributed by atoms with Crippen LogP contribution < -0.4 is 18.9 Å². The van der Waals surface area contributed by atoms with Crippen molar-refractivity contribution in [2.75, 3.05) is 20.8 Å². The number of benzene rings is 2. The van der Waals surface area contributed by atoms with E-state index in [2.05, 4.69) is 0 Å². The summed E-state index contributed by atoms with van der Waals surface area (Å²) >= 11 is 2.15. The lowest BCUT2D eigenvalue weighted by molar-refractivity contribution is -0.141. The van der Waals surface area contributed by atoms with E-state index in [1.165, 1.54) is 40.2 Å². The molecule has 0 bridgehead atoms. The van der Waals surface area contributed by atoms with Gasteiger partial charge in [-0.1, -0.05) is 13.8 Å². The van der Waals surface area contributed by atoms with Crippen LogP contribution in [0.3, 0.4) is 0 Å². The lowest BCUT2D eigenvalue weighted by Crippen LogP contribution is -2.17. The molecule has 246 valence electrons. The van der Waals surface area contributed by atoms with Crippen molar-refractivity contribution < 1.29 is 52.0 Å². The van der Waals surface area contributed by atoms with Gasteiger partial charge in [-0.3, -0.25) is 19.2 Å². The van der Waals surface area contributed by atoms with Crippen molar-refractivity contribution in [2.24, 2.45) is 11.8 Å². The molecular weight excluding hydrogens is 642 g/mol. The summed E-state index contributed by atoms with van der Waals surface area (Å²) in [7, 11) is 2.72. The first-order valence-electron chi connectivity index (χ1n) is 14.4. The number of methoxy groups -OCH3 is 2. The number of aliphatic carboxylic acids is 1. The second-order valence-electron chi connectivity index (χ2n) is 11.1.